The molecule has 0 atom stereocenters. The summed E-state index contributed by atoms with van der Waals surface area (Å²) in [5.41, 5.74) is 3.59. The van der Waals surface area contributed by atoms with Gasteiger partial charge in [-0.3, -0.25) is 0 Å². The molecule has 0 radical (unpaired) electrons. The first-order chi connectivity index (χ1) is 10.8. The van der Waals surface area contributed by atoms with Crippen molar-refractivity contribution in [3.63, 3.8) is 0 Å². The van der Waals surface area contributed by atoms with Gasteiger partial charge in [0.1, 0.15) is 0 Å². The quantitative estimate of drug-likeness (QED) is 0.314. The van der Waals surface area contributed by atoms with Gasteiger partial charge in [-0.2, -0.15) is 0 Å². The van der Waals surface area contributed by atoms with E-state index in [9.17, 15) is 0 Å². The van der Waals surface area contributed by atoms with E-state index in [1.807, 2.05) is 0 Å². The van der Waals surface area contributed by atoms with Gasteiger partial charge < -0.3 is 0 Å². The van der Waals surface area contributed by atoms with E-state index in [4.69, 9.17) is 11.6 Å². The summed E-state index contributed by atoms with van der Waals surface area (Å²) < 4.78 is 0.572. The summed E-state index contributed by atoms with van der Waals surface area (Å²) in [4.78, 5) is 0. The van der Waals surface area contributed by atoms with E-state index in [-0.39, 0.29) is 7.92 Å². The van der Waals surface area contributed by atoms with Crippen molar-refractivity contribution in [2.24, 2.45) is 0 Å². The van der Waals surface area contributed by atoms with Crippen molar-refractivity contribution in [2.75, 3.05) is 4.35 Å². The van der Waals surface area contributed by atoms with Crippen LogP contribution in [0.15, 0.2) is 24.3 Å². The molecule has 2 saturated carbocycles. The third kappa shape index (κ3) is 5.31. The van der Waals surface area contributed by atoms with E-state index >= 15 is 0 Å². The van der Waals surface area contributed by atoms with Gasteiger partial charge in [0.05, 0.1) is 0 Å². The zero-order valence-electron chi connectivity index (χ0n) is 13.7. The summed E-state index contributed by atoms with van der Waals surface area (Å²) in [6.45, 7) is 2.26. The zero-order chi connectivity index (χ0) is 15.8. The number of benzene rings is 1. The second-order valence-electron chi connectivity index (χ2n) is 6.39. The van der Waals surface area contributed by atoms with Gasteiger partial charge in [-0.05, 0) is 54.3 Å². The Kier molecular flexibility index (Phi) is 9.01. The van der Waals surface area contributed by atoms with E-state index in [1.54, 1.807) is 5.30 Å². The Morgan fingerprint density at radius 1 is 0.955 bits per heavy atom. The molecule has 22 heavy (non-hydrogen) atoms. The molecule has 0 aliphatic heterocycles. The maximum atomic E-state index is 4.93. The summed E-state index contributed by atoms with van der Waals surface area (Å²) in [6, 6.07) is 9.71. The van der Waals surface area contributed by atoms with Gasteiger partial charge in [-0.25, -0.2) is 0 Å². The van der Waals surface area contributed by atoms with E-state index < -0.39 is 0 Å². The average Bonchev–Trinajstić information content (AvgIpc) is 3.23. The molecule has 0 nitrogen and oxygen atoms in total. The van der Waals surface area contributed by atoms with Crippen molar-refractivity contribution < 1.29 is 19.2 Å². The predicted molar refractivity (Wildman–Crippen MR) is 97.6 cm³/mol. The Labute approximate surface area is 154 Å². The van der Waals surface area contributed by atoms with Crippen LogP contribution < -0.4 is 5.30 Å². The monoisotopic (exact) mass is 429 g/mol. The first-order valence-corrected chi connectivity index (χ1v) is 11.9. The molecule has 3 heteroatoms. The average molecular weight is 430 g/mol. The normalized spacial score (nSPS) is 19.5. The number of hydrogen-bond acceptors (Lipinski definition) is 0. The van der Waals surface area contributed by atoms with Crippen LogP contribution in [0.3, 0.4) is 0 Å². The standard InChI is InChI=1S/C18H27P.CH2Cl.Pd/c1-2-15-11-13-18(14-12-15)19(16-7-3-4-8-16)17-9-5-6-10-17;1-2;/h11-14,16-17H,2-10H2,1H3;1H2;. The molecule has 0 saturated heterocycles. The van der Waals surface area contributed by atoms with Crippen LogP contribution in [-0.2, 0) is 25.6 Å². The summed E-state index contributed by atoms with van der Waals surface area (Å²) >= 11 is 7.64. The molecule has 0 bridgehead atoms. The fraction of sp³-hybridized carbons (Fsp3) is 0.684. The van der Waals surface area contributed by atoms with Crippen LogP contribution in [-0.4, -0.2) is 15.7 Å². The predicted octanol–water partition coefficient (Wildman–Crippen LogP) is 5.97. The van der Waals surface area contributed by atoms with Crippen molar-refractivity contribution in [1.29, 1.82) is 0 Å². The topological polar surface area (TPSA) is 0 Å². The molecule has 3 rings (SSSR count). The summed E-state index contributed by atoms with van der Waals surface area (Å²) in [6.07, 6.45) is 13.2. The molecule has 1 aromatic rings. The van der Waals surface area contributed by atoms with Crippen LogP contribution in [0.1, 0.15) is 63.9 Å². The molecule has 2 fully saturated rings. The maximum absolute atomic E-state index is 4.93. The fourth-order valence-corrected chi connectivity index (χ4v) is 7.76. The molecule has 0 amide bonds. The van der Waals surface area contributed by atoms with Crippen molar-refractivity contribution in [3.8, 4) is 0 Å². The Hall–Kier alpha value is 0.602. The van der Waals surface area contributed by atoms with E-state index in [2.05, 4.69) is 50.4 Å². The molecular weight excluding hydrogens is 401 g/mol. The minimum atomic E-state index is 0.125. The van der Waals surface area contributed by atoms with Gasteiger partial charge in [0.25, 0.3) is 0 Å². The number of halogens is 1. The molecule has 1 aromatic carbocycles. The van der Waals surface area contributed by atoms with Gasteiger partial charge in [0.15, 0.2) is 0 Å². The zero-order valence-corrected chi connectivity index (χ0v) is 16.9. The van der Waals surface area contributed by atoms with E-state index in [1.165, 1.54) is 63.4 Å². The van der Waals surface area contributed by atoms with Crippen LogP contribution in [0.2, 0.25) is 0 Å². The van der Waals surface area contributed by atoms with Gasteiger partial charge in [-0.1, -0.05) is 64.8 Å². The van der Waals surface area contributed by atoms with Gasteiger partial charge >= 0.3 is 35.2 Å². The Morgan fingerprint density at radius 3 is 1.73 bits per heavy atom. The molecule has 0 N–H and O–H groups in total. The van der Waals surface area contributed by atoms with Crippen LogP contribution in [0.25, 0.3) is 0 Å². The molecule has 0 spiro atoms. The summed E-state index contributed by atoms with van der Waals surface area (Å²) in [7, 11) is 0.125. The van der Waals surface area contributed by atoms with Crippen molar-refractivity contribution in [2.45, 2.75) is 76.0 Å². The Bertz CT molecular complexity index is 392. The first-order valence-electron chi connectivity index (χ1n) is 8.75. The molecule has 127 valence electrons. The molecule has 2 aliphatic carbocycles. The number of rotatable bonds is 4. The van der Waals surface area contributed by atoms with Crippen LogP contribution in [0, 0.1) is 0 Å². The Balaban J connectivity index is 0.000000545. The van der Waals surface area contributed by atoms with Crippen LogP contribution in [0.4, 0.5) is 0 Å². The third-order valence-corrected chi connectivity index (χ3v) is 8.58. The van der Waals surface area contributed by atoms with E-state index in [0.29, 0.717) is 4.35 Å². The summed E-state index contributed by atoms with van der Waals surface area (Å²) in [5, 5.41) is 1.71. The van der Waals surface area contributed by atoms with Gasteiger partial charge in [0.2, 0.25) is 0 Å². The molecule has 2 aliphatic rings. The van der Waals surface area contributed by atoms with Crippen LogP contribution in [0.5, 0.6) is 0 Å². The van der Waals surface area contributed by atoms with Crippen molar-refractivity contribution in [3.05, 3.63) is 29.8 Å². The number of hydrogen-bond donors (Lipinski definition) is 0. The fourth-order valence-electron chi connectivity index (χ4n) is 3.99. The Morgan fingerprint density at radius 2 is 1.36 bits per heavy atom. The van der Waals surface area contributed by atoms with Gasteiger partial charge in [0, 0.05) is 0 Å². The molecule has 0 aromatic heterocycles. The van der Waals surface area contributed by atoms with Crippen molar-refractivity contribution in [1.82, 2.24) is 0 Å². The second kappa shape index (κ2) is 10.5. The van der Waals surface area contributed by atoms with Gasteiger partial charge in [-0.15, -0.1) is 0 Å². The summed E-state index contributed by atoms with van der Waals surface area (Å²) in [5.74, 6) is 0. The van der Waals surface area contributed by atoms with Crippen molar-refractivity contribution >= 4 is 24.8 Å². The molecule has 0 unspecified atom stereocenters. The van der Waals surface area contributed by atoms with Crippen LogP contribution >= 0.6 is 19.5 Å². The second-order valence-corrected chi connectivity index (χ2v) is 10.6. The number of alkyl halides is 1. The number of aryl methyl sites for hydroxylation is 1. The first kappa shape index (κ1) is 18.9. The molecular formula is C19H29ClPPd. The SMILES string of the molecule is CCc1ccc(P(C2CCCC2)C2CCCC2)cc1.Cl[CH2][Pd]. The minimum absolute atomic E-state index is 0.125. The molecule has 0 heterocycles. The third-order valence-electron chi connectivity index (χ3n) is 5.08. The van der Waals surface area contributed by atoms with E-state index in [0.717, 1.165) is 11.3 Å².